The van der Waals surface area contributed by atoms with Crippen molar-refractivity contribution in [2.75, 3.05) is 38.0 Å². The molecule has 3 rings (SSSR count). The third-order valence-electron chi connectivity index (χ3n) is 4.92. The van der Waals surface area contributed by atoms with E-state index in [1.807, 2.05) is 43.0 Å². The van der Waals surface area contributed by atoms with Crippen LogP contribution in [0.5, 0.6) is 5.75 Å². The molecular formula is C23H31N3O2. The fraction of sp³-hybridized carbons (Fsp3) is 0.435. The van der Waals surface area contributed by atoms with Gasteiger partial charge >= 0.3 is 6.03 Å². The fourth-order valence-electron chi connectivity index (χ4n) is 3.42. The van der Waals surface area contributed by atoms with Crippen LogP contribution < -0.4 is 10.1 Å². The van der Waals surface area contributed by atoms with Crippen LogP contribution in [0.25, 0.3) is 0 Å². The molecule has 0 aromatic heterocycles. The van der Waals surface area contributed by atoms with Gasteiger partial charge in [-0.05, 0) is 63.1 Å². The zero-order chi connectivity index (χ0) is 19.8. The number of nitrogens with zero attached hydrogens (tertiary/aromatic N) is 2. The molecule has 0 spiro atoms. The van der Waals surface area contributed by atoms with Gasteiger partial charge in [-0.1, -0.05) is 30.3 Å². The quantitative estimate of drug-likeness (QED) is 0.780. The number of carbonyl (C=O) groups is 1. The minimum atomic E-state index is -0.0264. The zero-order valence-electron chi connectivity index (χ0n) is 16.9. The molecule has 0 aliphatic carbocycles. The minimum Gasteiger partial charge on any atom is -0.491 e. The van der Waals surface area contributed by atoms with Crippen LogP contribution >= 0.6 is 0 Å². The van der Waals surface area contributed by atoms with E-state index in [1.165, 1.54) is 5.56 Å². The highest BCUT2D eigenvalue weighted by atomic mass is 16.5. The second kappa shape index (κ2) is 10.1. The van der Waals surface area contributed by atoms with Gasteiger partial charge in [-0.25, -0.2) is 4.79 Å². The van der Waals surface area contributed by atoms with Crippen molar-refractivity contribution in [1.29, 1.82) is 0 Å². The summed E-state index contributed by atoms with van der Waals surface area (Å²) in [6.45, 7) is 8.49. The van der Waals surface area contributed by atoms with Gasteiger partial charge in [0.25, 0.3) is 0 Å². The Kier molecular flexibility index (Phi) is 7.31. The molecule has 1 saturated heterocycles. The lowest BCUT2D eigenvalue weighted by Crippen LogP contribution is -2.50. The second-order valence-corrected chi connectivity index (χ2v) is 7.54. The first-order valence-corrected chi connectivity index (χ1v) is 10.2. The predicted octanol–water partition coefficient (Wildman–Crippen LogP) is 4.26. The monoisotopic (exact) mass is 381 g/mol. The Morgan fingerprint density at radius 3 is 2.32 bits per heavy atom. The van der Waals surface area contributed by atoms with Crippen LogP contribution in [0.1, 0.15) is 25.8 Å². The Morgan fingerprint density at radius 2 is 1.68 bits per heavy atom. The van der Waals surface area contributed by atoms with Gasteiger partial charge in [0.05, 0.1) is 6.10 Å². The lowest BCUT2D eigenvalue weighted by atomic mass is 10.1. The highest BCUT2D eigenvalue weighted by molar-refractivity contribution is 5.89. The molecule has 0 unspecified atom stereocenters. The average Bonchev–Trinajstić information content (AvgIpc) is 2.70. The normalized spacial score (nSPS) is 14.9. The number of anilines is 1. The van der Waals surface area contributed by atoms with Crippen LogP contribution in [0.2, 0.25) is 0 Å². The summed E-state index contributed by atoms with van der Waals surface area (Å²) in [4.78, 5) is 16.8. The van der Waals surface area contributed by atoms with Gasteiger partial charge in [0.2, 0.25) is 0 Å². The van der Waals surface area contributed by atoms with Crippen molar-refractivity contribution in [3.05, 3.63) is 60.2 Å². The maximum absolute atomic E-state index is 12.5. The number of benzene rings is 2. The summed E-state index contributed by atoms with van der Waals surface area (Å²) >= 11 is 0. The van der Waals surface area contributed by atoms with Crippen LogP contribution in [-0.2, 0) is 6.42 Å². The number of nitrogens with one attached hydrogen (secondary N) is 1. The Balaban J connectivity index is 1.37. The molecule has 1 aliphatic rings. The van der Waals surface area contributed by atoms with Crippen molar-refractivity contribution >= 4 is 11.7 Å². The molecule has 1 aliphatic heterocycles. The van der Waals surface area contributed by atoms with Crippen molar-refractivity contribution in [3.8, 4) is 5.75 Å². The highest BCUT2D eigenvalue weighted by Gasteiger charge is 2.20. The average molecular weight is 382 g/mol. The van der Waals surface area contributed by atoms with Gasteiger partial charge < -0.3 is 15.0 Å². The summed E-state index contributed by atoms with van der Waals surface area (Å²) < 4.78 is 5.63. The standard InChI is InChI=1S/C23H31N3O2/c1-19(2)28-22-12-10-21(11-13-22)24-23(27)26-17-15-25(16-18-26)14-6-9-20-7-4-3-5-8-20/h3-5,7-8,10-13,19H,6,9,14-18H2,1-2H3,(H,24,27). The number of hydrogen-bond donors (Lipinski definition) is 1. The van der Waals surface area contributed by atoms with Crippen molar-refractivity contribution < 1.29 is 9.53 Å². The van der Waals surface area contributed by atoms with Crippen LogP contribution in [0.4, 0.5) is 10.5 Å². The highest BCUT2D eigenvalue weighted by Crippen LogP contribution is 2.17. The summed E-state index contributed by atoms with van der Waals surface area (Å²) in [5, 5.41) is 2.98. The number of hydrogen-bond acceptors (Lipinski definition) is 3. The Labute approximate surface area is 168 Å². The van der Waals surface area contributed by atoms with Crippen LogP contribution in [0, 0.1) is 0 Å². The summed E-state index contributed by atoms with van der Waals surface area (Å²) in [6, 6.07) is 18.1. The Bertz CT molecular complexity index is 723. The molecule has 1 N–H and O–H groups in total. The van der Waals surface area contributed by atoms with E-state index < -0.39 is 0 Å². The zero-order valence-corrected chi connectivity index (χ0v) is 16.9. The van der Waals surface area contributed by atoms with E-state index in [0.29, 0.717) is 0 Å². The molecule has 1 fully saturated rings. The Morgan fingerprint density at radius 1 is 1.00 bits per heavy atom. The number of amides is 2. The van der Waals surface area contributed by atoms with Crippen LogP contribution in [-0.4, -0.2) is 54.7 Å². The number of rotatable bonds is 7. The molecule has 2 amide bonds. The minimum absolute atomic E-state index is 0.0264. The maximum atomic E-state index is 12.5. The van der Waals surface area contributed by atoms with Crippen molar-refractivity contribution in [2.45, 2.75) is 32.8 Å². The molecule has 28 heavy (non-hydrogen) atoms. The largest absolute Gasteiger partial charge is 0.491 e. The number of urea groups is 1. The van der Waals surface area contributed by atoms with E-state index in [0.717, 1.165) is 57.0 Å². The summed E-state index contributed by atoms with van der Waals surface area (Å²) in [6.07, 6.45) is 2.41. The predicted molar refractivity (Wildman–Crippen MR) is 114 cm³/mol. The van der Waals surface area contributed by atoms with Crippen LogP contribution in [0.15, 0.2) is 54.6 Å². The van der Waals surface area contributed by atoms with E-state index in [1.54, 1.807) is 0 Å². The number of aryl methyl sites for hydroxylation is 1. The van der Waals surface area contributed by atoms with Gasteiger partial charge in [-0.2, -0.15) is 0 Å². The van der Waals surface area contributed by atoms with Gasteiger partial charge in [-0.3, -0.25) is 4.90 Å². The van der Waals surface area contributed by atoms with Crippen molar-refractivity contribution in [2.24, 2.45) is 0 Å². The van der Waals surface area contributed by atoms with Gasteiger partial charge in [0, 0.05) is 31.9 Å². The summed E-state index contributed by atoms with van der Waals surface area (Å²) in [5.74, 6) is 0.817. The molecule has 0 atom stereocenters. The fourth-order valence-corrected chi connectivity index (χ4v) is 3.42. The first-order chi connectivity index (χ1) is 13.6. The van der Waals surface area contributed by atoms with Crippen molar-refractivity contribution in [3.63, 3.8) is 0 Å². The molecule has 0 saturated carbocycles. The second-order valence-electron chi connectivity index (χ2n) is 7.54. The topological polar surface area (TPSA) is 44.8 Å². The molecule has 2 aromatic rings. The summed E-state index contributed by atoms with van der Waals surface area (Å²) in [7, 11) is 0. The molecule has 2 aromatic carbocycles. The molecule has 0 radical (unpaired) electrons. The molecule has 5 heteroatoms. The smallest absolute Gasteiger partial charge is 0.321 e. The number of piperazine rings is 1. The van der Waals surface area contributed by atoms with E-state index in [4.69, 9.17) is 4.74 Å². The van der Waals surface area contributed by atoms with E-state index in [9.17, 15) is 4.79 Å². The van der Waals surface area contributed by atoms with Gasteiger partial charge in [0.15, 0.2) is 0 Å². The maximum Gasteiger partial charge on any atom is 0.321 e. The molecular weight excluding hydrogens is 350 g/mol. The van der Waals surface area contributed by atoms with Gasteiger partial charge in [-0.15, -0.1) is 0 Å². The lowest BCUT2D eigenvalue weighted by molar-refractivity contribution is 0.146. The Hall–Kier alpha value is -2.53. The SMILES string of the molecule is CC(C)Oc1ccc(NC(=O)N2CCN(CCCc3ccccc3)CC2)cc1. The summed E-state index contributed by atoms with van der Waals surface area (Å²) in [5.41, 5.74) is 2.19. The van der Waals surface area contributed by atoms with Crippen LogP contribution in [0.3, 0.4) is 0 Å². The number of carbonyl (C=O) groups excluding carboxylic acids is 1. The van der Waals surface area contributed by atoms with E-state index in [2.05, 4.69) is 40.5 Å². The molecule has 150 valence electrons. The van der Waals surface area contributed by atoms with E-state index >= 15 is 0 Å². The third-order valence-corrected chi connectivity index (χ3v) is 4.92. The van der Waals surface area contributed by atoms with Gasteiger partial charge in [0.1, 0.15) is 5.75 Å². The number of ether oxygens (including phenoxy) is 1. The lowest BCUT2D eigenvalue weighted by Gasteiger charge is -2.34. The van der Waals surface area contributed by atoms with E-state index in [-0.39, 0.29) is 12.1 Å². The first kappa shape index (κ1) is 20.2. The molecule has 0 bridgehead atoms. The molecule has 1 heterocycles. The molecule has 5 nitrogen and oxygen atoms in total. The first-order valence-electron chi connectivity index (χ1n) is 10.2. The third kappa shape index (κ3) is 6.27. The van der Waals surface area contributed by atoms with Crippen molar-refractivity contribution in [1.82, 2.24) is 9.80 Å².